The van der Waals surface area contributed by atoms with Crippen LogP contribution < -0.4 is 5.73 Å². The van der Waals surface area contributed by atoms with Crippen molar-refractivity contribution in [2.75, 3.05) is 20.8 Å². The molecule has 0 aromatic carbocycles. The highest BCUT2D eigenvalue weighted by molar-refractivity contribution is 6.38. The van der Waals surface area contributed by atoms with E-state index in [4.69, 9.17) is 15.2 Å². The molecule has 0 saturated carbocycles. The molecular formula is C8H21NO2Si. The Balaban J connectivity index is 3.95. The molecule has 0 rings (SSSR count). The average molecular weight is 191 g/mol. The highest BCUT2D eigenvalue weighted by Crippen LogP contribution is 2.17. The van der Waals surface area contributed by atoms with Crippen LogP contribution in [0.25, 0.3) is 0 Å². The number of hydrogen-bond acceptors (Lipinski definition) is 3. The van der Waals surface area contributed by atoms with Gasteiger partial charge in [0.25, 0.3) is 0 Å². The van der Waals surface area contributed by atoms with Crippen LogP contribution in [0.5, 0.6) is 0 Å². The Labute approximate surface area is 77.4 Å². The van der Waals surface area contributed by atoms with E-state index in [0.717, 1.165) is 12.8 Å². The standard InChI is InChI=1S/C8H21NO2Si/c1-4-12-8(10-2,11-3)6-5-7-9/h4-7,9,12H2,1-3H3. The van der Waals surface area contributed by atoms with Gasteiger partial charge in [-0.05, 0) is 19.4 Å². The van der Waals surface area contributed by atoms with Gasteiger partial charge >= 0.3 is 0 Å². The fourth-order valence-electron chi connectivity index (χ4n) is 1.37. The first-order valence-corrected chi connectivity index (χ1v) is 6.25. The van der Waals surface area contributed by atoms with Gasteiger partial charge in [0.1, 0.15) is 5.41 Å². The van der Waals surface area contributed by atoms with E-state index in [1.807, 2.05) is 0 Å². The Kier molecular flexibility index (Phi) is 6.65. The monoisotopic (exact) mass is 191 g/mol. The van der Waals surface area contributed by atoms with Crippen molar-refractivity contribution >= 4 is 9.52 Å². The van der Waals surface area contributed by atoms with Crippen LogP contribution in [0.4, 0.5) is 0 Å². The topological polar surface area (TPSA) is 44.5 Å². The second kappa shape index (κ2) is 6.60. The molecule has 0 aromatic rings. The maximum atomic E-state index is 5.45. The first-order chi connectivity index (χ1) is 5.74. The molecule has 0 aromatic heterocycles. The van der Waals surface area contributed by atoms with Crippen LogP contribution in [-0.2, 0) is 9.47 Å². The van der Waals surface area contributed by atoms with Crippen LogP contribution in [0.1, 0.15) is 19.8 Å². The van der Waals surface area contributed by atoms with Crippen molar-refractivity contribution in [3.63, 3.8) is 0 Å². The van der Waals surface area contributed by atoms with Gasteiger partial charge in [-0.15, -0.1) is 0 Å². The molecule has 0 heterocycles. The first kappa shape index (κ1) is 12.1. The summed E-state index contributed by atoms with van der Waals surface area (Å²) < 4.78 is 10.8. The normalized spacial score (nSPS) is 13.0. The van der Waals surface area contributed by atoms with Crippen molar-refractivity contribution in [2.45, 2.75) is 31.2 Å². The Hall–Kier alpha value is 0.0969. The summed E-state index contributed by atoms with van der Waals surface area (Å²) in [4.78, 5) is 0. The largest absolute Gasteiger partial charge is 0.358 e. The van der Waals surface area contributed by atoms with E-state index < -0.39 is 0 Å². The summed E-state index contributed by atoms with van der Waals surface area (Å²) in [5.41, 5.74) is 5.19. The molecule has 0 unspecified atom stereocenters. The minimum absolute atomic E-state index is 0.256. The van der Waals surface area contributed by atoms with Crippen molar-refractivity contribution in [3.8, 4) is 0 Å². The van der Waals surface area contributed by atoms with Crippen molar-refractivity contribution in [1.82, 2.24) is 0 Å². The maximum absolute atomic E-state index is 5.45. The molecule has 0 aliphatic heterocycles. The van der Waals surface area contributed by atoms with Crippen LogP contribution >= 0.6 is 0 Å². The highest BCUT2D eigenvalue weighted by Gasteiger charge is 2.27. The lowest BCUT2D eigenvalue weighted by Gasteiger charge is -2.30. The summed E-state index contributed by atoms with van der Waals surface area (Å²) in [6.45, 7) is 2.90. The molecule has 4 heteroatoms. The van der Waals surface area contributed by atoms with Gasteiger partial charge in [0, 0.05) is 14.2 Å². The van der Waals surface area contributed by atoms with Crippen LogP contribution in [0, 0.1) is 0 Å². The lowest BCUT2D eigenvalue weighted by Crippen LogP contribution is -2.40. The fraction of sp³-hybridized carbons (Fsp3) is 1.00. The van der Waals surface area contributed by atoms with Crippen LogP contribution in [0.2, 0.25) is 6.04 Å². The summed E-state index contributed by atoms with van der Waals surface area (Å²) in [5, 5.41) is 0. The first-order valence-electron chi connectivity index (χ1n) is 4.55. The number of hydrogen-bond donors (Lipinski definition) is 1. The lowest BCUT2D eigenvalue weighted by molar-refractivity contribution is -0.149. The van der Waals surface area contributed by atoms with Crippen molar-refractivity contribution in [2.24, 2.45) is 5.73 Å². The lowest BCUT2D eigenvalue weighted by atomic mass is 10.3. The molecule has 0 saturated heterocycles. The van der Waals surface area contributed by atoms with Crippen LogP contribution in [0.3, 0.4) is 0 Å². The zero-order valence-electron chi connectivity index (χ0n) is 8.43. The second-order valence-electron chi connectivity index (χ2n) is 2.96. The van der Waals surface area contributed by atoms with Crippen LogP contribution in [-0.4, -0.2) is 35.7 Å². The van der Waals surface area contributed by atoms with E-state index in [0.29, 0.717) is 6.54 Å². The molecule has 74 valence electrons. The van der Waals surface area contributed by atoms with Gasteiger partial charge in [0.15, 0.2) is 0 Å². The number of rotatable bonds is 7. The van der Waals surface area contributed by atoms with Gasteiger partial charge in [-0.25, -0.2) is 0 Å². The molecule has 0 bridgehead atoms. The third-order valence-electron chi connectivity index (χ3n) is 2.14. The molecule has 0 aliphatic rings. The molecule has 2 N–H and O–H groups in total. The number of nitrogens with two attached hydrogens (primary N) is 1. The van der Waals surface area contributed by atoms with Gasteiger partial charge in [-0.3, -0.25) is 0 Å². The van der Waals surface area contributed by atoms with E-state index in [9.17, 15) is 0 Å². The van der Waals surface area contributed by atoms with Gasteiger partial charge in [-0.2, -0.15) is 0 Å². The summed E-state index contributed by atoms with van der Waals surface area (Å²) >= 11 is 0. The average Bonchev–Trinajstić information content (AvgIpc) is 2.13. The predicted octanol–water partition coefficient (Wildman–Crippen LogP) is 0.279. The Bertz CT molecular complexity index is 107. The van der Waals surface area contributed by atoms with E-state index in [-0.39, 0.29) is 14.9 Å². The zero-order valence-corrected chi connectivity index (χ0v) is 9.84. The minimum atomic E-state index is -0.292. The second-order valence-corrected chi connectivity index (χ2v) is 5.54. The molecule has 0 aliphatic carbocycles. The summed E-state index contributed by atoms with van der Waals surface area (Å²) in [7, 11) is 3.16. The molecular weight excluding hydrogens is 170 g/mol. The van der Waals surface area contributed by atoms with Gasteiger partial charge in [0.2, 0.25) is 0 Å². The minimum Gasteiger partial charge on any atom is -0.358 e. The van der Waals surface area contributed by atoms with Gasteiger partial charge < -0.3 is 15.2 Å². The van der Waals surface area contributed by atoms with Crippen molar-refractivity contribution < 1.29 is 9.47 Å². The molecule has 0 atom stereocenters. The Morgan fingerprint density at radius 2 is 1.92 bits per heavy atom. The molecule has 0 spiro atoms. The third-order valence-corrected chi connectivity index (χ3v) is 4.33. The van der Waals surface area contributed by atoms with E-state index in [2.05, 4.69) is 6.92 Å². The summed E-state index contributed by atoms with van der Waals surface area (Å²) in [5.74, 6) is 0. The maximum Gasteiger partial charge on any atom is 0.144 e. The Morgan fingerprint density at radius 1 is 1.33 bits per heavy atom. The van der Waals surface area contributed by atoms with Crippen molar-refractivity contribution in [1.29, 1.82) is 0 Å². The summed E-state index contributed by atoms with van der Waals surface area (Å²) in [6, 6.07) is 1.20. The van der Waals surface area contributed by atoms with E-state index >= 15 is 0 Å². The predicted molar refractivity (Wildman–Crippen MR) is 54.1 cm³/mol. The summed E-state index contributed by atoms with van der Waals surface area (Å²) in [6.07, 6.45) is 1.92. The van der Waals surface area contributed by atoms with E-state index in [1.165, 1.54) is 6.04 Å². The smallest absolute Gasteiger partial charge is 0.144 e. The quantitative estimate of drug-likeness (QED) is 0.464. The van der Waals surface area contributed by atoms with E-state index in [1.54, 1.807) is 14.2 Å². The fourth-order valence-corrected chi connectivity index (χ4v) is 3.04. The van der Waals surface area contributed by atoms with Crippen LogP contribution in [0.15, 0.2) is 0 Å². The van der Waals surface area contributed by atoms with Crippen molar-refractivity contribution in [3.05, 3.63) is 0 Å². The van der Waals surface area contributed by atoms with Gasteiger partial charge in [-0.1, -0.05) is 13.0 Å². The Morgan fingerprint density at radius 3 is 2.25 bits per heavy atom. The SMILES string of the molecule is CC[SiH2]C(CCCN)(OC)OC. The van der Waals surface area contributed by atoms with Gasteiger partial charge in [0.05, 0.1) is 9.52 Å². The third kappa shape index (κ3) is 3.67. The zero-order chi connectivity index (χ0) is 9.45. The molecule has 0 fully saturated rings. The molecule has 0 amide bonds. The molecule has 12 heavy (non-hydrogen) atoms. The molecule has 0 radical (unpaired) electrons. The number of methoxy groups -OCH3 is 2. The molecule has 3 nitrogen and oxygen atoms in total. The number of ether oxygens (including phenoxy) is 2. The highest BCUT2D eigenvalue weighted by atomic mass is 28.2.